The Morgan fingerprint density at radius 3 is 1.62 bits per heavy atom. The van der Waals surface area contributed by atoms with E-state index in [9.17, 15) is 5.11 Å². The Morgan fingerprint density at radius 2 is 1.12 bits per heavy atom. The molecule has 0 radical (unpaired) electrons. The molecule has 3 aromatic rings. The van der Waals surface area contributed by atoms with E-state index in [1.165, 1.54) is 5.56 Å². The van der Waals surface area contributed by atoms with Gasteiger partial charge in [-0.05, 0) is 59.7 Å². The van der Waals surface area contributed by atoms with E-state index in [0.717, 1.165) is 21.5 Å². The summed E-state index contributed by atoms with van der Waals surface area (Å²) in [6.45, 7) is 4.34. The van der Waals surface area contributed by atoms with Crippen LogP contribution < -0.4 is 4.74 Å². The molecule has 0 aliphatic heterocycles. The number of ether oxygens (including phenoxy) is 1. The van der Waals surface area contributed by atoms with Crippen molar-refractivity contribution in [3.05, 3.63) is 88.4 Å². The highest BCUT2D eigenvalue weighted by atomic mass is 79.9. The van der Waals surface area contributed by atoms with Gasteiger partial charge < -0.3 is 9.84 Å². The van der Waals surface area contributed by atoms with Gasteiger partial charge in [-0.15, -0.1) is 0 Å². The number of rotatable bonds is 4. The molecule has 3 heteroatoms. The molecule has 0 spiro atoms. The monoisotopic (exact) mass is 382 g/mol. The summed E-state index contributed by atoms with van der Waals surface area (Å²) in [7, 11) is 0. The number of halogens is 1. The molecule has 24 heavy (non-hydrogen) atoms. The van der Waals surface area contributed by atoms with Crippen LogP contribution in [0.25, 0.3) is 0 Å². The van der Waals surface area contributed by atoms with E-state index in [1.54, 1.807) is 12.1 Å². The van der Waals surface area contributed by atoms with Gasteiger partial charge in [-0.25, -0.2) is 0 Å². The first kappa shape index (κ1) is 16.6. The molecule has 2 nitrogen and oxygen atoms in total. The smallest absolute Gasteiger partial charge is 0.127 e. The van der Waals surface area contributed by atoms with Crippen LogP contribution >= 0.6 is 15.9 Å². The Morgan fingerprint density at radius 1 is 0.708 bits per heavy atom. The van der Waals surface area contributed by atoms with Crippen LogP contribution in [0.1, 0.15) is 25.0 Å². The molecule has 3 aromatic carbocycles. The molecule has 0 fully saturated rings. The lowest BCUT2D eigenvalue weighted by atomic mass is 9.78. The van der Waals surface area contributed by atoms with Crippen molar-refractivity contribution in [2.45, 2.75) is 19.3 Å². The largest absolute Gasteiger partial charge is 0.508 e. The van der Waals surface area contributed by atoms with E-state index in [1.807, 2.05) is 48.5 Å². The third-order valence-corrected chi connectivity index (χ3v) is 4.74. The summed E-state index contributed by atoms with van der Waals surface area (Å²) < 4.78 is 6.90. The van der Waals surface area contributed by atoms with Crippen molar-refractivity contribution in [3.63, 3.8) is 0 Å². The van der Waals surface area contributed by atoms with E-state index in [2.05, 4.69) is 41.9 Å². The molecule has 0 aliphatic rings. The van der Waals surface area contributed by atoms with Gasteiger partial charge in [0.2, 0.25) is 0 Å². The predicted octanol–water partition coefficient (Wildman–Crippen LogP) is 6.27. The Balaban J connectivity index is 1.80. The van der Waals surface area contributed by atoms with Crippen LogP contribution in [0.3, 0.4) is 0 Å². The minimum absolute atomic E-state index is 0.149. The first-order valence-corrected chi connectivity index (χ1v) is 8.58. The summed E-state index contributed by atoms with van der Waals surface area (Å²) in [4.78, 5) is 0. The Bertz CT molecular complexity index is 804. The molecule has 0 amide bonds. The lowest BCUT2D eigenvalue weighted by Crippen LogP contribution is -2.18. The fourth-order valence-corrected chi connectivity index (χ4v) is 2.89. The van der Waals surface area contributed by atoms with Gasteiger partial charge in [0.1, 0.15) is 17.2 Å². The van der Waals surface area contributed by atoms with Gasteiger partial charge >= 0.3 is 0 Å². The molecular weight excluding hydrogens is 364 g/mol. The Labute approximate surface area is 150 Å². The van der Waals surface area contributed by atoms with E-state index in [0.29, 0.717) is 0 Å². The molecule has 3 rings (SSSR count). The molecule has 1 N–H and O–H groups in total. The number of aromatic hydroxyl groups is 1. The summed E-state index contributed by atoms with van der Waals surface area (Å²) in [5.74, 6) is 1.90. The van der Waals surface area contributed by atoms with Crippen LogP contribution in [-0.4, -0.2) is 5.11 Å². The highest BCUT2D eigenvalue weighted by molar-refractivity contribution is 9.10. The van der Waals surface area contributed by atoms with Crippen molar-refractivity contribution in [3.8, 4) is 17.2 Å². The molecule has 0 bridgehead atoms. The minimum Gasteiger partial charge on any atom is -0.508 e. The van der Waals surface area contributed by atoms with Crippen LogP contribution in [0.15, 0.2) is 77.3 Å². The summed E-state index contributed by atoms with van der Waals surface area (Å²) in [6, 6.07) is 23.3. The van der Waals surface area contributed by atoms with Gasteiger partial charge in [0.05, 0.1) is 0 Å². The lowest BCUT2D eigenvalue weighted by Gasteiger charge is -2.26. The maximum Gasteiger partial charge on any atom is 0.127 e. The highest BCUT2D eigenvalue weighted by Gasteiger charge is 2.23. The van der Waals surface area contributed by atoms with Crippen molar-refractivity contribution < 1.29 is 9.84 Å². The topological polar surface area (TPSA) is 29.5 Å². The van der Waals surface area contributed by atoms with Crippen LogP contribution in [-0.2, 0) is 5.41 Å². The fraction of sp³-hybridized carbons (Fsp3) is 0.143. The number of phenolic OH excluding ortho intramolecular Hbond substituents is 1. The van der Waals surface area contributed by atoms with Gasteiger partial charge in [0, 0.05) is 9.89 Å². The second-order valence-electron chi connectivity index (χ2n) is 6.25. The van der Waals surface area contributed by atoms with E-state index >= 15 is 0 Å². The fourth-order valence-electron chi connectivity index (χ4n) is 2.62. The van der Waals surface area contributed by atoms with Crippen molar-refractivity contribution in [1.29, 1.82) is 0 Å². The molecular formula is C21H19BrO2. The lowest BCUT2D eigenvalue weighted by molar-refractivity contribution is 0.474. The van der Waals surface area contributed by atoms with Crippen molar-refractivity contribution in [2.75, 3.05) is 0 Å². The molecule has 122 valence electrons. The van der Waals surface area contributed by atoms with E-state index in [4.69, 9.17) is 4.74 Å². The third kappa shape index (κ3) is 3.62. The van der Waals surface area contributed by atoms with E-state index in [-0.39, 0.29) is 11.2 Å². The van der Waals surface area contributed by atoms with Crippen LogP contribution in [0.2, 0.25) is 0 Å². The molecule has 0 unspecified atom stereocenters. The predicted molar refractivity (Wildman–Crippen MR) is 101 cm³/mol. The number of hydrogen-bond donors (Lipinski definition) is 1. The Kier molecular flexibility index (Phi) is 4.63. The quantitative estimate of drug-likeness (QED) is 0.575. The van der Waals surface area contributed by atoms with Crippen LogP contribution in [0, 0.1) is 0 Å². The number of benzene rings is 3. The zero-order valence-electron chi connectivity index (χ0n) is 13.7. The Hall–Kier alpha value is -2.26. The van der Waals surface area contributed by atoms with Crippen LogP contribution in [0.5, 0.6) is 17.2 Å². The zero-order valence-corrected chi connectivity index (χ0v) is 15.2. The second-order valence-corrected chi connectivity index (χ2v) is 7.17. The average Bonchev–Trinajstić information content (AvgIpc) is 2.58. The maximum absolute atomic E-state index is 9.47. The molecule has 0 aromatic heterocycles. The molecule has 0 atom stereocenters. The zero-order chi connectivity index (χ0) is 17.2. The van der Waals surface area contributed by atoms with E-state index < -0.39 is 0 Å². The molecule has 0 aliphatic carbocycles. The first-order chi connectivity index (χ1) is 11.4. The highest BCUT2D eigenvalue weighted by Crippen LogP contribution is 2.34. The van der Waals surface area contributed by atoms with Gasteiger partial charge in [-0.2, -0.15) is 0 Å². The van der Waals surface area contributed by atoms with Crippen molar-refractivity contribution in [2.24, 2.45) is 0 Å². The SMILES string of the molecule is CC(C)(c1ccc(O)cc1)c1ccc(Oc2ccc(Br)cc2)cc1. The summed E-state index contributed by atoms with van der Waals surface area (Å²) in [6.07, 6.45) is 0. The first-order valence-electron chi connectivity index (χ1n) is 7.78. The summed E-state index contributed by atoms with van der Waals surface area (Å²) in [5.41, 5.74) is 2.20. The molecule has 0 saturated carbocycles. The van der Waals surface area contributed by atoms with Crippen LogP contribution in [0.4, 0.5) is 0 Å². The maximum atomic E-state index is 9.47. The van der Waals surface area contributed by atoms with Gasteiger partial charge in [0.25, 0.3) is 0 Å². The number of phenols is 1. The summed E-state index contributed by atoms with van der Waals surface area (Å²) in [5, 5.41) is 9.47. The normalized spacial score (nSPS) is 11.3. The van der Waals surface area contributed by atoms with Crippen molar-refractivity contribution >= 4 is 15.9 Å². The van der Waals surface area contributed by atoms with Gasteiger partial charge in [-0.1, -0.05) is 54.0 Å². The minimum atomic E-state index is -0.149. The number of hydrogen-bond acceptors (Lipinski definition) is 2. The van der Waals surface area contributed by atoms with Gasteiger partial charge in [0.15, 0.2) is 0 Å². The van der Waals surface area contributed by atoms with Gasteiger partial charge in [-0.3, -0.25) is 0 Å². The average molecular weight is 383 g/mol. The standard InChI is InChI=1S/C21H19BrO2/c1-21(2,15-3-9-18(23)10-4-15)16-5-11-19(12-6-16)24-20-13-7-17(22)8-14-20/h3-14,23H,1-2H3. The second kappa shape index (κ2) is 6.70. The third-order valence-electron chi connectivity index (χ3n) is 4.21. The van der Waals surface area contributed by atoms with Crippen molar-refractivity contribution in [1.82, 2.24) is 0 Å². The molecule has 0 saturated heterocycles. The molecule has 0 heterocycles. The summed E-state index contributed by atoms with van der Waals surface area (Å²) >= 11 is 3.42.